The van der Waals surface area contributed by atoms with Gasteiger partial charge >= 0.3 is 5.97 Å². The van der Waals surface area contributed by atoms with Crippen LogP contribution in [0.3, 0.4) is 0 Å². The van der Waals surface area contributed by atoms with Crippen molar-refractivity contribution >= 4 is 17.6 Å². The number of rotatable bonds is 7. The smallest absolute Gasteiger partial charge is 0.317 e. The lowest BCUT2D eigenvalue weighted by Gasteiger charge is -2.36. The summed E-state index contributed by atoms with van der Waals surface area (Å²) < 4.78 is 0. The predicted molar refractivity (Wildman–Crippen MR) is 95.1 cm³/mol. The summed E-state index contributed by atoms with van der Waals surface area (Å²) in [5.74, 6) is -0.913. The van der Waals surface area contributed by atoms with E-state index in [2.05, 4.69) is 0 Å². The van der Waals surface area contributed by atoms with E-state index in [0.29, 0.717) is 0 Å². The van der Waals surface area contributed by atoms with Gasteiger partial charge in [-0.2, -0.15) is 0 Å². The highest BCUT2D eigenvalue weighted by Gasteiger charge is 2.28. The summed E-state index contributed by atoms with van der Waals surface area (Å²) in [5.41, 5.74) is 0.911. The molecule has 1 fully saturated rings. The molecule has 132 valence electrons. The molecule has 1 aliphatic carbocycles. The van der Waals surface area contributed by atoms with E-state index in [9.17, 15) is 9.59 Å². The number of nitrogens with zero attached hydrogens (tertiary/aromatic N) is 2. The number of anilines is 1. The van der Waals surface area contributed by atoms with Gasteiger partial charge in [-0.25, -0.2) is 0 Å². The fraction of sp³-hybridized carbons (Fsp3) is 0.579. The highest BCUT2D eigenvalue weighted by Crippen LogP contribution is 2.27. The first-order valence-corrected chi connectivity index (χ1v) is 8.82. The van der Waals surface area contributed by atoms with Gasteiger partial charge in [-0.05, 0) is 38.8 Å². The normalized spacial score (nSPS) is 15.7. The zero-order valence-electron chi connectivity index (χ0n) is 14.6. The van der Waals surface area contributed by atoms with E-state index in [4.69, 9.17) is 5.11 Å². The highest BCUT2D eigenvalue weighted by atomic mass is 16.4. The summed E-state index contributed by atoms with van der Waals surface area (Å²) in [6.45, 7) is 3.86. The van der Waals surface area contributed by atoms with Crippen molar-refractivity contribution in [2.45, 2.75) is 58.0 Å². The van der Waals surface area contributed by atoms with Crippen LogP contribution >= 0.6 is 0 Å². The minimum Gasteiger partial charge on any atom is -0.480 e. The van der Waals surface area contributed by atoms with Gasteiger partial charge in [0.25, 0.3) is 0 Å². The molecule has 0 aliphatic heterocycles. The van der Waals surface area contributed by atoms with Crippen molar-refractivity contribution in [3.63, 3.8) is 0 Å². The Labute approximate surface area is 144 Å². The lowest BCUT2D eigenvalue weighted by molar-refractivity contribution is -0.139. The molecule has 1 aromatic rings. The van der Waals surface area contributed by atoms with Crippen LogP contribution in [0.1, 0.15) is 46.0 Å². The predicted octanol–water partition coefficient (Wildman–Crippen LogP) is 3.15. The molecule has 0 bridgehead atoms. The molecule has 24 heavy (non-hydrogen) atoms. The Morgan fingerprint density at radius 2 is 1.71 bits per heavy atom. The lowest BCUT2D eigenvalue weighted by atomic mass is 9.93. The van der Waals surface area contributed by atoms with Crippen molar-refractivity contribution in [3.05, 3.63) is 30.3 Å². The van der Waals surface area contributed by atoms with Gasteiger partial charge in [-0.3, -0.25) is 14.5 Å². The lowest BCUT2D eigenvalue weighted by Crippen LogP contribution is -2.49. The largest absolute Gasteiger partial charge is 0.480 e. The van der Waals surface area contributed by atoms with Gasteiger partial charge in [-0.15, -0.1) is 0 Å². The van der Waals surface area contributed by atoms with Gasteiger partial charge in [0.15, 0.2) is 0 Å². The number of amides is 1. The fourth-order valence-electron chi connectivity index (χ4n) is 3.33. The van der Waals surface area contributed by atoms with Crippen molar-refractivity contribution in [1.82, 2.24) is 4.90 Å². The third-order valence-corrected chi connectivity index (χ3v) is 4.65. The third kappa shape index (κ3) is 5.06. The van der Waals surface area contributed by atoms with Crippen LogP contribution in [0.2, 0.25) is 0 Å². The van der Waals surface area contributed by atoms with Crippen LogP contribution in [0.5, 0.6) is 0 Å². The Kier molecular flexibility index (Phi) is 6.79. The van der Waals surface area contributed by atoms with Crippen molar-refractivity contribution in [2.75, 3.05) is 18.0 Å². The van der Waals surface area contributed by atoms with E-state index in [-0.39, 0.29) is 31.1 Å². The molecule has 0 unspecified atom stereocenters. The van der Waals surface area contributed by atoms with Crippen LogP contribution in [-0.2, 0) is 9.59 Å². The molecule has 2 rings (SSSR count). The summed E-state index contributed by atoms with van der Waals surface area (Å²) in [6.07, 6.45) is 5.54. The number of aliphatic carboxylic acids is 1. The summed E-state index contributed by atoms with van der Waals surface area (Å²) >= 11 is 0. The number of carboxylic acid groups (broad SMARTS) is 1. The second-order valence-electron chi connectivity index (χ2n) is 6.78. The van der Waals surface area contributed by atoms with E-state index in [1.165, 1.54) is 6.42 Å². The fourth-order valence-corrected chi connectivity index (χ4v) is 3.33. The first-order valence-electron chi connectivity index (χ1n) is 8.82. The van der Waals surface area contributed by atoms with Crippen LogP contribution in [0.15, 0.2) is 30.3 Å². The Balaban J connectivity index is 2.18. The van der Waals surface area contributed by atoms with Crippen molar-refractivity contribution in [2.24, 2.45) is 0 Å². The van der Waals surface area contributed by atoms with E-state index >= 15 is 0 Å². The molecule has 1 aromatic carbocycles. The van der Waals surface area contributed by atoms with Crippen LogP contribution in [0, 0.1) is 0 Å². The van der Waals surface area contributed by atoms with Crippen LogP contribution < -0.4 is 4.90 Å². The number of carbonyl (C=O) groups is 2. The second kappa shape index (κ2) is 8.83. The van der Waals surface area contributed by atoms with Gasteiger partial charge in [0, 0.05) is 17.8 Å². The molecule has 0 saturated heterocycles. The van der Waals surface area contributed by atoms with E-state index in [1.807, 2.05) is 49.1 Å². The zero-order valence-corrected chi connectivity index (χ0v) is 14.6. The Morgan fingerprint density at radius 3 is 2.25 bits per heavy atom. The van der Waals surface area contributed by atoms with Crippen molar-refractivity contribution < 1.29 is 14.7 Å². The molecular formula is C19H28N2O3. The van der Waals surface area contributed by atoms with Crippen LogP contribution in [0.25, 0.3) is 0 Å². The summed E-state index contributed by atoms with van der Waals surface area (Å²) in [5, 5.41) is 9.08. The quantitative estimate of drug-likeness (QED) is 0.833. The molecule has 1 aliphatic rings. The maximum Gasteiger partial charge on any atom is 0.317 e. The topological polar surface area (TPSA) is 60.9 Å². The van der Waals surface area contributed by atoms with Crippen LogP contribution in [-0.4, -0.2) is 47.1 Å². The number of carbonyl (C=O) groups excluding carboxylic acids is 1. The molecule has 0 spiro atoms. The summed E-state index contributed by atoms with van der Waals surface area (Å²) in [7, 11) is 0. The van der Waals surface area contributed by atoms with Gasteiger partial charge in [0.1, 0.15) is 0 Å². The molecule has 1 amide bonds. The number of para-hydroxylation sites is 1. The average molecular weight is 332 g/mol. The third-order valence-electron chi connectivity index (χ3n) is 4.65. The maximum atomic E-state index is 13.0. The first-order chi connectivity index (χ1) is 11.5. The highest BCUT2D eigenvalue weighted by molar-refractivity contribution is 5.95. The number of carboxylic acids is 1. The average Bonchev–Trinajstić information content (AvgIpc) is 2.56. The second-order valence-corrected chi connectivity index (χ2v) is 6.78. The Bertz CT molecular complexity index is 539. The van der Waals surface area contributed by atoms with E-state index in [1.54, 1.807) is 4.90 Å². The maximum absolute atomic E-state index is 13.0. The van der Waals surface area contributed by atoms with Crippen molar-refractivity contribution in [1.29, 1.82) is 0 Å². The molecule has 1 saturated carbocycles. The Hall–Kier alpha value is -1.88. The number of benzene rings is 1. The van der Waals surface area contributed by atoms with Crippen molar-refractivity contribution in [3.8, 4) is 0 Å². The van der Waals surface area contributed by atoms with Gasteiger partial charge in [-0.1, -0.05) is 37.5 Å². The molecule has 0 heterocycles. The molecule has 0 aromatic heterocycles. The van der Waals surface area contributed by atoms with Crippen LogP contribution in [0.4, 0.5) is 5.69 Å². The number of hydrogen-bond donors (Lipinski definition) is 1. The summed E-state index contributed by atoms with van der Waals surface area (Å²) in [4.78, 5) is 27.7. The number of hydrogen-bond acceptors (Lipinski definition) is 3. The Morgan fingerprint density at radius 1 is 1.08 bits per heavy atom. The monoisotopic (exact) mass is 332 g/mol. The standard InChI is InChI=1S/C19H28N2O3/c1-15(2)20(14-19(23)24)13-18(22)21(16-9-5-3-6-10-16)17-11-7-4-8-12-17/h3,5-6,9-10,15,17H,4,7-8,11-14H2,1-2H3,(H,23,24). The minimum atomic E-state index is -0.902. The molecule has 0 radical (unpaired) electrons. The van der Waals surface area contributed by atoms with Gasteiger partial charge in [0.2, 0.25) is 5.91 Å². The molecular weight excluding hydrogens is 304 g/mol. The minimum absolute atomic E-state index is 0.00836. The molecule has 5 heteroatoms. The zero-order chi connectivity index (χ0) is 17.5. The van der Waals surface area contributed by atoms with E-state index in [0.717, 1.165) is 31.4 Å². The van der Waals surface area contributed by atoms with E-state index < -0.39 is 5.97 Å². The summed E-state index contributed by atoms with van der Waals surface area (Å²) in [6, 6.07) is 9.97. The molecule has 1 N–H and O–H groups in total. The SMILES string of the molecule is CC(C)N(CC(=O)O)CC(=O)N(c1ccccc1)C1CCCCC1. The van der Waals surface area contributed by atoms with Gasteiger partial charge in [0.05, 0.1) is 13.1 Å². The molecule has 5 nitrogen and oxygen atoms in total. The van der Waals surface area contributed by atoms with Gasteiger partial charge < -0.3 is 10.0 Å². The molecule has 0 atom stereocenters. The first kappa shape index (κ1) is 18.5.